The normalized spacial score (nSPS) is 15.0. The minimum atomic E-state index is -0.538. The Kier molecular flexibility index (Phi) is 9.05. The number of anilines is 3. The van der Waals surface area contributed by atoms with Crippen LogP contribution >= 0.6 is 27.5 Å². The molecular weight excluding hydrogens is 602 g/mol. The Morgan fingerprint density at radius 2 is 1.98 bits per heavy atom. The SMILES string of the molecule is COc1nc(Nc2ccc(O[C@@H]3CCN(C(=O)OC(C)(C)C)C3)c(C)c2)ncc1C(=O)Nc1c(Cl)cccc1Br. The van der Waals surface area contributed by atoms with E-state index in [2.05, 4.69) is 36.5 Å². The fraction of sp³-hybridized carbons (Fsp3) is 0.357. The molecule has 0 radical (unpaired) electrons. The van der Waals surface area contributed by atoms with Gasteiger partial charge in [-0.25, -0.2) is 9.78 Å². The number of rotatable bonds is 7. The zero-order valence-corrected chi connectivity index (χ0v) is 25.2. The van der Waals surface area contributed by atoms with Crippen LogP contribution in [0.5, 0.6) is 11.6 Å². The van der Waals surface area contributed by atoms with Gasteiger partial charge in [-0.1, -0.05) is 17.7 Å². The second kappa shape index (κ2) is 12.3. The number of nitrogens with zero attached hydrogens (tertiary/aromatic N) is 3. The van der Waals surface area contributed by atoms with Crippen molar-refractivity contribution in [1.29, 1.82) is 0 Å². The third-order valence-corrected chi connectivity index (χ3v) is 6.89. The summed E-state index contributed by atoms with van der Waals surface area (Å²) >= 11 is 9.60. The highest BCUT2D eigenvalue weighted by atomic mass is 79.9. The summed E-state index contributed by atoms with van der Waals surface area (Å²) in [5, 5.41) is 6.28. The maximum atomic E-state index is 12.9. The maximum absolute atomic E-state index is 12.9. The van der Waals surface area contributed by atoms with Gasteiger partial charge in [0, 0.05) is 29.3 Å². The van der Waals surface area contributed by atoms with Gasteiger partial charge in [-0.3, -0.25) is 4.79 Å². The van der Waals surface area contributed by atoms with Gasteiger partial charge >= 0.3 is 6.09 Å². The highest BCUT2D eigenvalue weighted by molar-refractivity contribution is 9.10. The lowest BCUT2D eigenvalue weighted by Gasteiger charge is -2.24. The number of aryl methyl sites for hydroxylation is 1. The molecule has 1 fully saturated rings. The smallest absolute Gasteiger partial charge is 0.410 e. The lowest BCUT2D eigenvalue weighted by Crippen LogP contribution is -2.36. The molecule has 0 aliphatic carbocycles. The minimum Gasteiger partial charge on any atom is -0.488 e. The van der Waals surface area contributed by atoms with E-state index in [4.69, 9.17) is 25.8 Å². The number of aromatic nitrogens is 2. The van der Waals surface area contributed by atoms with Gasteiger partial charge in [-0.05, 0) is 79.5 Å². The molecule has 2 heterocycles. The average molecular weight is 633 g/mol. The molecule has 3 aromatic rings. The van der Waals surface area contributed by atoms with Crippen LogP contribution in [0.25, 0.3) is 0 Å². The van der Waals surface area contributed by atoms with Crippen LogP contribution in [0.2, 0.25) is 5.02 Å². The maximum Gasteiger partial charge on any atom is 0.410 e. The zero-order valence-electron chi connectivity index (χ0n) is 22.9. The third kappa shape index (κ3) is 7.33. The molecule has 212 valence electrons. The Balaban J connectivity index is 1.40. The predicted octanol–water partition coefficient (Wildman–Crippen LogP) is 6.59. The molecule has 1 aromatic heterocycles. The second-order valence-electron chi connectivity index (χ2n) is 10.2. The number of carbonyl (C=O) groups is 2. The molecule has 1 atom stereocenters. The van der Waals surface area contributed by atoms with E-state index < -0.39 is 11.5 Å². The van der Waals surface area contributed by atoms with Crippen molar-refractivity contribution in [1.82, 2.24) is 14.9 Å². The van der Waals surface area contributed by atoms with Gasteiger partial charge in [0.1, 0.15) is 23.0 Å². The van der Waals surface area contributed by atoms with E-state index in [9.17, 15) is 9.59 Å². The minimum absolute atomic E-state index is 0.102. The molecule has 0 bridgehead atoms. The van der Waals surface area contributed by atoms with Crippen molar-refractivity contribution in [3.05, 3.63) is 63.2 Å². The number of ether oxygens (including phenoxy) is 3. The first-order chi connectivity index (χ1) is 18.9. The van der Waals surface area contributed by atoms with Gasteiger partial charge in [0.25, 0.3) is 5.91 Å². The number of nitrogens with one attached hydrogen (secondary N) is 2. The largest absolute Gasteiger partial charge is 0.488 e. The van der Waals surface area contributed by atoms with Crippen LogP contribution < -0.4 is 20.1 Å². The van der Waals surface area contributed by atoms with E-state index in [0.29, 0.717) is 28.3 Å². The molecule has 0 spiro atoms. The monoisotopic (exact) mass is 631 g/mol. The van der Waals surface area contributed by atoms with E-state index in [1.54, 1.807) is 23.1 Å². The summed E-state index contributed by atoms with van der Waals surface area (Å²) < 4.78 is 17.6. The summed E-state index contributed by atoms with van der Waals surface area (Å²) in [5.41, 5.74) is 1.67. The summed E-state index contributed by atoms with van der Waals surface area (Å²) in [6, 6.07) is 10.8. The van der Waals surface area contributed by atoms with Crippen molar-refractivity contribution in [3.8, 4) is 11.6 Å². The summed E-state index contributed by atoms with van der Waals surface area (Å²) in [5.74, 6) is 0.611. The van der Waals surface area contributed by atoms with Gasteiger partial charge in [0.15, 0.2) is 0 Å². The highest BCUT2D eigenvalue weighted by Gasteiger charge is 2.31. The van der Waals surface area contributed by atoms with Crippen LogP contribution in [0.15, 0.2) is 47.1 Å². The van der Waals surface area contributed by atoms with Crippen molar-refractivity contribution in [2.24, 2.45) is 0 Å². The molecule has 2 N–H and O–H groups in total. The van der Waals surface area contributed by atoms with Crippen molar-refractivity contribution in [2.75, 3.05) is 30.8 Å². The molecule has 0 saturated carbocycles. The summed E-state index contributed by atoms with van der Waals surface area (Å²) in [7, 11) is 1.43. The standard InChI is InChI=1S/C28H31BrClN5O5/c1-16-13-17(9-10-22(16)39-18-11-12-35(15-18)27(37)40-28(2,3)4)32-26-31-14-19(25(34-26)38-5)24(36)33-23-20(29)7-6-8-21(23)30/h6-10,13-14,18H,11-12,15H2,1-5H3,(H,33,36)(H,31,32,34)/t18-/m1/s1. The number of carbonyl (C=O) groups excluding carboxylic acids is 2. The first-order valence-corrected chi connectivity index (χ1v) is 13.8. The van der Waals surface area contributed by atoms with Crippen LogP contribution in [0.1, 0.15) is 43.1 Å². The predicted molar refractivity (Wildman–Crippen MR) is 157 cm³/mol. The molecule has 1 aliphatic heterocycles. The van der Waals surface area contributed by atoms with Crippen molar-refractivity contribution in [2.45, 2.75) is 45.8 Å². The number of methoxy groups -OCH3 is 1. The Bertz CT molecular complexity index is 1390. The van der Waals surface area contributed by atoms with Crippen LogP contribution in [0.4, 0.5) is 22.1 Å². The van der Waals surface area contributed by atoms with Crippen LogP contribution in [0.3, 0.4) is 0 Å². The molecule has 2 aromatic carbocycles. The van der Waals surface area contributed by atoms with Gasteiger partial charge in [-0.2, -0.15) is 4.98 Å². The van der Waals surface area contributed by atoms with Crippen LogP contribution in [-0.2, 0) is 4.74 Å². The van der Waals surface area contributed by atoms with Gasteiger partial charge in [0.05, 0.1) is 24.4 Å². The number of benzene rings is 2. The summed E-state index contributed by atoms with van der Waals surface area (Å²) in [4.78, 5) is 35.5. The van der Waals surface area contributed by atoms with Crippen molar-refractivity contribution < 1.29 is 23.8 Å². The van der Waals surface area contributed by atoms with E-state index >= 15 is 0 Å². The molecular formula is C28H31BrClN5O5. The average Bonchev–Trinajstić information content (AvgIpc) is 3.36. The first-order valence-electron chi connectivity index (χ1n) is 12.6. The quantitative estimate of drug-likeness (QED) is 0.300. The zero-order chi connectivity index (χ0) is 29.0. The van der Waals surface area contributed by atoms with E-state index in [1.807, 2.05) is 45.9 Å². The fourth-order valence-electron chi connectivity index (χ4n) is 4.02. The highest BCUT2D eigenvalue weighted by Crippen LogP contribution is 2.32. The molecule has 0 unspecified atom stereocenters. The van der Waals surface area contributed by atoms with E-state index in [-0.39, 0.29) is 29.6 Å². The Hall–Kier alpha value is -3.57. The first kappa shape index (κ1) is 29.4. The summed E-state index contributed by atoms with van der Waals surface area (Å²) in [6.07, 6.45) is 1.66. The Labute approximate surface area is 246 Å². The van der Waals surface area contributed by atoms with E-state index in [1.165, 1.54) is 13.3 Å². The number of likely N-dealkylation sites (tertiary alicyclic amines) is 1. The fourth-order valence-corrected chi connectivity index (χ4v) is 4.82. The molecule has 2 amide bonds. The molecule has 10 nitrogen and oxygen atoms in total. The van der Waals surface area contributed by atoms with E-state index in [0.717, 1.165) is 23.4 Å². The second-order valence-corrected chi connectivity index (χ2v) is 11.5. The summed E-state index contributed by atoms with van der Waals surface area (Å²) in [6.45, 7) is 8.53. The Morgan fingerprint density at radius 1 is 1.20 bits per heavy atom. The van der Waals surface area contributed by atoms with Gasteiger partial charge < -0.3 is 29.7 Å². The van der Waals surface area contributed by atoms with Crippen molar-refractivity contribution >= 4 is 56.9 Å². The molecule has 1 aliphatic rings. The Morgan fingerprint density at radius 3 is 2.65 bits per heavy atom. The third-order valence-electron chi connectivity index (χ3n) is 5.91. The van der Waals surface area contributed by atoms with Crippen LogP contribution in [0, 0.1) is 6.92 Å². The molecule has 40 heavy (non-hydrogen) atoms. The van der Waals surface area contributed by atoms with Gasteiger partial charge in [0.2, 0.25) is 11.8 Å². The number of amides is 2. The molecule has 12 heteroatoms. The number of hydrogen-bond donors (Lipinski definition) is 2. The number of halogens is 2. The van der Waals surface area contributed by atoms with Gasteiger partial charge in [-0.15, -0.1) is 0 Å². The lowest BCUT2D eigenvalue weighted by atomic mass is 10.2. The van der Waals surface area contributed by atoms with Crippen molar-refractivity contribution in [3.63, 3.8) is 0 Å². The lowest BCUT2D eigenvalue weighted by molar-refractivity contribution is 0.0275. The number of hydrogen-bond acceptors (Lipinski definition) is 8. The topological polar surface area (TPSA) is 115 Å². The molecule has 4 rings (SSSR count). The van der Waals surface area contributed by atoms with Crippen LogP contribution in [-0.4, -0.2) is 58.8 Å². The number of para-hydroxylation sites is 1. The molecule has 1 saturated heterocycles.